The highest BCUT2D eigenvalue weighted by molar-refractivity contribution is 6.30. The molecule has 1 saturated carbocycles. The average Bonchev–Trinajstić information content (AvgIpc) is 3.30. The van der Waals surface area contributed by atoms with Gasteiger partial charge in [0.25, 0.3) is 0 Å². The Morgan fingerprint density at radius 3 is 2.61 bits per heavy atom. The molecule has 1 saturated heterocycles. The summed E-state index contributed by atoms with van der Waals surface area (Å²) in [6.45, 7) is 6.89. The number of hydrogen-bond acceptors (Lipinski definition) is 5. The van der Waals surface area contributed by atoms with Gasteiger partial charge in [-0.2, -0.15) is 0 Å². The van der Waals surface area contributed by atoms with Crippen molar-refractivity contribution in [2.75, 3.05) is 26.2 Å². The second-order valence-corrected chi connectivity index (χ2v) is 12.3. The van der Waals surface area contributed by atoms with E-state index in [9.17, 15) is 9.90 Å². The summed E-state index contributed by atoms with van der Waals surface area (Å²) in [5.74, 6) is 0.844. The van der Waals surface area contributed by atoms with Crippen LogP contribution in [-0.2, 0) is 6.54 Å². The third kappa shape index (κ3) is 5.78. The predicted octanol–water partition coefficient (Wildman–Crippen LogP) is 5.29. The van der Waals surface area contributed by atoms with Crippen LogP contribution in [0.5, 0.6) is 0 Å². The Kier molecular flexibility index (Phi) is 7.90. The van der Waals surface area contributed by atoms with Gasteiger partial charge in [0.2, 0.25) is 0 Å². The van der Waals surface area contributed by atoms with Crippen molar-refractivity contribution in [3.05, 3.63) is 82.2 Å². The van der Waals surface area contributed by atoms with Gasteiger partial charge in [0.15, 0.2) is 0 Å². The minimum atomic E-state index is -1.21. The lowest BCUT2D eigenvalue weighted by atomic mass is 9.85. The van der Waals surface area contributed by atoms with Crippen molar-refractivity contribution in [1.29, 1.82) is 0 Å². The van der Waals surface area contributed by atoms with E-state index in [0.717, 1.165) is 59.7 Å². The maximum atomic E-state index is 13.1. The van der Waals surface area contributed by atoms with Crippen LogP contribution in [0.2, 0.25) is 5.02 Å². The second kappa shape index (κ2) is 11.6. The average molecular weight is 575 g/mol. The van der Waals surface area contributed by atoms with Crippen molar-refractivity contribution in [2.45, 2.75) is 70.2 Å². The van der Waals surface area contributed by atoms with Gasteiger partial charge in [-0.05, 0) is 73.2 Å². The fraction of sp³-hybridized carbons (Fsp3) is 0.469. The van der Waals surface area contributed by atoms with Crippen LogP contribution in [0.25, 0.3) is 11.6 Å². The Hall–Kier alpha value is -3.20. The van der Waals surface area contributed by atoms with Crippen LogP contribution in [-0.4, -0.2) is 73.3 Å². The summed E-state index contributed by atoms with van der Waals surface area (Å²) in [6.07, 6.45) is 13.4. The zero-order chi connectivity index (χ0) is 28.6. The molecule has 9 heteroatoms. The van der Waals surface area contributed by atoms with Crippen LogP contribution in [0.15, 0.2) is 48.9 Å². The normalized spacial score (nSPS) is 21.3. The Morgan fingerprint density at radius 2 is 1.88 bits per heavy atom. The number of fused-ring (bicyclic) bond motifs is 2. The second-order valence-electron chi connectivity index (χ2n) is 11.9. The number of aliphatic hydroxyl groups is 1. The minimum Gasteiger partial charge on any atom is -0.384 e. The van der Waals surface area contributed by atoms with E-state index in [-0.39, 0.29) is 12.1 Å². The van der Waals surface area contributed by atoms with Crippen LogP contribution in [0.4, 0.5) is 4.79 Å². The van der Waals surface area contributed by atoms with Gasteiger partial charge in [-0.25, -0.2) is 9.78 Å². The minimum absolute atomic E-state index is 0.0536. The number of amides is 2. The highest BCUT2D eigenvalue weighted by atomic mass is 35.5. The van der Waals surface area contributed by atoms with Gasteiger partial charge in [-0.15, -0.1) is 0 Å². The molecule has 0 bridgehead atoms. The highest BCUT2D eigenvalue weighted by Crippen LogP contribution is 2.44. The number of benzene rings is 1. The molecule has 2 aliphatic carbocycles. The lowest BCUT2D eigenvalue weighted by Gasteiger charge is -2.40. The Labute approximate surface area is 247 Å². The van der Waals surface area contributed by atoms with Crippen molar-refractivity contribution < 1.29 is 9.90 Å². The topological polar surface area (TPSA) is 86.5 Å². The summed E-state index contributed by atoms with van der Waals surface area (Å²) < 4.78 is 1.97. The number of carbonyl (C=O) groups excluding carboxylic acids is 1. The molecule has 6 rings (SSSR count). The van der Waals surface area contributed by atoms with Gasteiger partial charge in [-0.1, -0.05) is 43.0 Å². The largest absolute Gasteiger partial charge is 0.384 e. The van der Waals surface area contributed by atoms with E-state index in [2.05, 4.69) is 33.4 Å². The Morgan fingerprint density at radius 1 is 1.10 bits per heavy atom. The molecular formula is C32H39ClN6O2. The van der Waals surface area contributed by atoms with Crippen molar-refractivity contribution >= 4 is 29.3 Å². The number of hydrogen-bond donors (Lipinski definition) is 2. The Balaban J connectivity index is 1.31. The molecule has 2 fully saturated rings. The number of carbonyl (C=O) groups is 1. The van der Waals surface area contributed by atoms with Gasteiger partial charge in [0, 0.05) is 55.8 Å². The molecule has 1 aliphatic heterocycles. The number of halogens is 1. The number of piperazine rings is 1. The van der Waals surface area contributed by atoms with Gasteiger partial charge >= 0.3 is 6.03 Å². The molecule has 2 unspecified atom stereocenters. The van der Waals surface area contributed by atoms with Crippen molar-refractivity contribution in [1.82, 2.24) is 29.7 Å². The van der Waals surface area contributed by atoms with Crippen LogP contribution >= 0.6 is 11.6 Å². The zero-order valence-electron chi connectivity index (χ0n) is 23.9. The molecule has 2 amide bonds. The van der Waals surface area contributed by atoms with Crippen LogP contribution in [0.1, 0.15) is 73.3 Å². The molecule has 2 N–H and O–H groups in total. The molecule has 216 valence electrons. The number of pyridine rings is 1. The first-order chi connectivity index (χ1) is 19.8. The standard InChI is InChI=1S/C32H39ClN6O2/c1-22-34-13-14-39(22)21-32(2,41)28-19-23-7-6-12-35-29(23)30(26-11-10-24(33)20-27(26)28)37-15-17-38(18-16-37)31(40)36-25-8-4-3-5-9-25/h6-7,10-14,19-20,25,30,41H,3-5,8-9,15-18,21H2,1-2H3,(H,36,40). The van der Waals surface area contributed by atoms with E-state index in [1.807, 2.05) is 53.9 Å². The first kappa shape index (κ1) is 27.9. The third-order valence-electron chi connectivity index (χ3n) is 8.91. The lowest BCUT2D eigenvalue weighted by Crippen LogP contribution is -2.54. The quantitative estimate of drug-likeness (QED) is 0.432. The van der Waals surface area contributed by atoms with E-state index in [4.69, 9.17) is 16.6 Å². The van der Waals surface area contributed by atoms with Crippen LogP contribution in [0, 0.1) is 6.92 Å². The number of nitrogens with one attached hydrogen (secondary N) is 1. The van der Waals surface area contributed by atoms with E-state index in [0.29, 0.717) is 30.7 Å². The molecule has 8 nitrogen and oxygen atoms in total. The van der Waals surface area contributed by atoms with Crippen LogP contribution < -0.4 is 5.32 Å². The lowest BCUT2D eigenvalue weighted by molar-refractivity contribution is 0.101. The van der Waals surface area contributed by atoms with E-state index in [1.165, 1.54) is 19.3 Å². The SMILES string of the molecule is Cc1nccn1CC(C)(O)C1=Cc2cccnc2C(N2CCN(C(=O)NC3CCCCC3)CC2)c2ccc(Cl)cc21. The molecule has 3 heterocycles. The van der Waals surface area contributed by atoms with Gasteiger partial charge in [0.1, 0.15) is 11.4 Å². The summed E-state index contributed by atoms with van der Waals surface area (Å²) in [5, 5.41) is 15.9. The summed E-state index contributed by atoms with van der Waals surface area (Å²) in [5.41, 5.74) is 3.48. The molecular weight excluding hydrogens is 536 g/mol. The summed E-state index contributed by atoms with van der Waals surface area (Å²) in [7, 11) is 0. The fourth-order valence-electron chi connectivity index (χ4n) is 6.66. The predicted molar refractivity (Wildman–Crippen MR) is 162 cm³/mol. The maximum Gasteiger partial charge on any atom is 0.317 e. The van der Waals surface area contributed by atoms with Gasteiger partial charge in [0.05, 0.1) is 18.3 Å². The summed E-state index contributed by atoms with van der Waals surface area (Å²) in [6, 6.07) is 10.2. The van der Waals surface area contributed by atoms with Gasteiger partial charge < -0.3 is 19.9 Å². The van der Waals surface area contributed by atoms with E-state index >= 15 is 0 Å². The zero-order valence-corrected chi connectivity index (χ0v) is 24.6. The Bertz CT molecular complexity index is 1440. The number of aryl methyl sites for hydroxylation is 1. The smallest absolute Gasteiger partial charge is 0.317 e. The third-order valence-corrected chi connectivity index (χ3v) is 9.15. The number of urea groups is 1. The molecule has 3 aliphatic rings. The van der Waals surface area contributed by atoms with Crippen molar-refractivity contribution in [3.8, 4) is 0 Å². The first-order valence-electron chi connectivity index (χ1n) is 14.8. The molecule has 1 aromatic carbocycles. The first-order valence-corrected chi connectivity index (χ1v) is 15.1. The molecule has 2 aromatic heterocycles. The molecule has 0 spiro atoms. The molecule has 2 atom stereocenters. The number of nitrogens with zero attached hydrogens (tertiary/aromatic N) is 5. The number of imidazole rings is 1. The van der Waals surface area contributed by atoms with E-state index in [1.54, 1.807) is 6.20 Å². The molecule has 41 heavy (non-hydrogen) atoms. The number of rotatable bonds is 5. The fourth-order valence-corrected chi connectivity index (χ4v) is 6.83. The van der Waals surface area contributed by atoms with Crippen molar-refractivity contribution in [3.63, 3.8) is 0 Å². The summed E-state index contributed by atoms with van der Waals surface area (Å²) in [4.78, 5) is 26.7. The van der Waals surface area contributed by atoms with Crippen LogP contribution in [0.3, 0.4) is 0 Å². The summed E-state index contributed by atoms with van der Waals surface area (Å²) >= 11 is 6.59. The molecule has 0 radical (unpaired) electrons. The van der Waals surface area contributed by atoms with Gasteiger partial charge in [-0.3, -0.25) is 9.88 Å². The maximum absolute atomic E-state index is 13.1. The van der Waals surface area contributed by atoms with Crippen molar-refractivity contribution in [2.24, 2.45) is 0 Å². The number of aromatic nitrogens is 3. The monoisotopic (exact) mass is 574 g/mol. The highest BCUT2D eigenvalue weighted by Gasteiger charge is 2.38. The van der Waals surface area contributed by atoms with E-state index < -0.39 is 5.60 Å². The molecule has 3 aromatic rings.